The van der Waals surface area contributed by atoms with Gasteiger partial charge in [-0.1, -0.05) is 24.3 Å². The Morgan fingerprint density at radius 3 is 2.42 bits per heavy atom. The van der Waals surface area contributed by atoms with Crippen LogP contribution in [0.5, 0.6) is 0 Å². The van der Waals surface area contributed by atoms with E-state index < -0.39 is 5.60 Å². The molecular formula is C15H23NO3. The Kier molecular flexibility index (Phi) is 4.93. The molecule has 2 rings (SSSR count). The second-order valence-corrected chi connectivity index (χ2v) is 5.41. The van der Waals surface area contributed by atoms with Crippen LogP contribution in [-0.4, -0.2) is 31.2 Å². The maximum absolute atomic E-state index is 9.88. The zero-order valence-corrected chi connectivity index (χ0v) is 11.7. The van der Waals surface area contributed by atoms with Gasteiger partial charge in [-0.25, -0.2) is 0 Å². The quantitative estimate of drug-likeness (QED) is 0.852. The van der Waals surface area contributed by atoms with Crippen LogP contribution in [0.1, 0.15) is 31.4 Å². The van der Waals surface area contributed by atoms with Gasteiger partial charge in [-0.3, -0.25) is 0 Å². The second-order valence-electron chi connectivity index (χ2n) is 5.41. The Balaban J connectivity index is 1.76. The van der Waals surface area contributed by atoms with E-state index in [1.807, 2.05) is 24.3 Å². The number of aliphatic hydroxyl groups is 1. The minimum atomic E-state index is -0.782. The third kappa shape index (κ3) is 4.58. The van der Waals surface area contributed by atoms with Crippen molar-refractivity contribution in [2.24, 2.45) is 0 Å². The number of hydrogen-bond donors (Lipinski definition) is 2. The smallest absolute Gasteiger partial charge is 0.169 e. The van der Waals surface area contributed by atoms with Crippen LogP contribution in [0.15, 0.2) is 24.3 Å². The molecule has 1 heterocycles. The van der Waals surface area contributed by atoms with E-state index in [0.29, 0.717) is 6.54 Å². The zero-order chi connectivity index (χ0) is 13.7. The Labute approximate surface area is 114 Å². The van der Waals surface area contributed by atoms with Crippen molar-refractivity contribution in [1.82, 2.24) is 5.32 Å². The largest absolute Gasteiger partial charge is 0.386 e. The Morgan fingerprint density at radius 1 is 1.21 bits per heavy atom. The Morgan fingerprint density at radius 2 is 1.84 bits per heavy atom. The van der Waals surface area contributed by atoms with Crippen molar-refractivity contribution in [3.05, 3.63) is 35.4 Å². The molecule has 0 atom stereocenters. The van der Waals surface area contributed by atoms with Crippen molar-refractivity contribution in [3.63, 3.8) is 0 Å². The van der Waals surface area contributed by atoms with E-state index in [4.69, 9.17) is 9.47 Å². The van der Waals surface area contributed by atoms with Gasteiger partial charge in [0.05, 0.1) is 18.8 Å². The van der Waals surface area contributed by atoms with Crippen LogP contribution in [0.2, 0.25) is 0 Å². The first-order chi connectivity index (χ1) is 9.05. The van der Waals surface area contributed by atoms with Gasteiger partial charge in [-0.2, -0.15) is 0 Å². The molecule has 0 amide bonds. The standard InChI is InChI=1S/C15H23NO3/c1-15(2,17)13-6-4-12(5-7-13)10-16-11-14-18-8-3-9-19-14/h4-7,14,16-17H,3,8-11H2,1-2H3. The van der Waals surface area contributed by atoms with Crippen molar-refractivity contribution in [2.75, 3.05) is 19.8 Å². The van der Waals surface area contributed by atoms with E-state index in [2.05, 4.69) is 5.32 Å². The first-order valence-electron chi connectivity index (χ1n) is 6.81. The molecule has 0 bridgehead atoms. The lowest BCUT2D eigenvalue weighted by Crippen LogP contribution is -2.34. The van der Waals surface area contributed by atoms with Crippen LogP contribution in [0.3, 0.4) is 0 Å². The minimum absolute atomic E-state index is 0.121. The predicted octanol–water partition coefficient (Wildman–Crippen LogP) is 1.77. The number of hydrogen-bond acceptors (Lipinski definition) is 4. The fourth-order valence-electron chi connectivity index (χ4n) is 2.02. The summed E-state index contributed by atoms with van der Waals surface area (Å²) < 4.78 is 10.9. The van der Waals surface area contributed by atoms with Crippen LogP contribution in [0.25, 0.3) is 0 Å². The van der Waals surface area contributed by atoms with Crippen LogP contribution >= 0.6 is 0 Å². The first-order valence-corrected chi connectivity index (χ1v) is 6.81. The molecule has 1 fully saturated rings. The van der Waals surface area contributed by atoms with Crippen LogP contribution in [0.4, 0.5) is 0 Å². The highest BCUT2D eigenvalue weighted by Crippen LogP contribution is 2.19. The van der Waals surface area contributed by atoms with Gasteiger partial charge in [0.1, 0.15) is 0 Å². The molecule has 1 aliphatic heterocycles. The Hall–Kier alpha value is -0.940. The fraction of sp³-hybridized carbons (Fsp3) is 0.600. The molecule has 0 unspecified atom stereocenters. The minimum Gasteiger partial charge on any atom is -0.386 e. The molecule has 4 heteroatoms. The van der Waals surface area contributed by atoms with Gasteiger partial charge in [0.25, 0.3) is 0 Å². The topological polar surface area (TPSA) is 50.7 Å². The predicted molar refractivity (Wildman–Crippen MR) is 73.7 cm³/mol. The van der Waals surface area contributed by atoms with Crippen molar-refractivity contribution >= 4 is 0 Å². The molecule has 0 aliphatic carbocycles. The normalized spacial score (nSPS) is 17.6. The van der Waals surface area contributed by atoms with E-state index in [9.17, 15) is 5.11 Å². The van der Waals surface area contributed by atoms with Crippen LogP contribution in [0, 0.1) is 0 Å². The molecule has 19 heavy (non-hydrogen) atoms. The van der Waals surface area contributed by atoms with Gasteiger partial charge in [-0.05, 0) is 31.4 Å². The van der Waals surface area contributed by atoms with Crippen molar-refractivity contribution in [2.45, 2.75) is 38.7 Å². The summed E-state index contributed by atoms with van der Waals surface area (Å²) in [6.45, 7) is 6.62. The van der Waals surface area contributed by atoms with E-state index in [0.717, 1.165) is 31.7 Å². The third-order valence-corrected chi connectivity index (χ3v) is 3.20. The Bertz CT molecular complexity index is 377. The molecule has 0 radical (unpaired) electrons. The first kappa shape index (κ1) is 14.5. The van der Waals surface area contributed by atoms with Gasteiger partial charge < -0.3 is 19.9 Å². The molecular weight excluding hydrogens is 242 g/mol. The second kappa shape index (κ2) is 6.48. The van der Waals surface area contributed by atoms with E-state index in [1.165, 1.54) is 5.56 Å². The number of ether oxygens (including phenoxy) is 2. The third-order valence-electron chi connectivity index (χ3n) is 3.20. The molecule has 0 spiro atoms. The van der Waals surface area contributed by atoms with Gasteiger partial charge in [0, 0.05) is 13.1 Å². The zero-order valence-electron chi connectivity index (χ0n) is 11.7. The molecule has 106 valence electrons. The summed E-state index contributed by atoms with van der Waals surface area (Å²) in [5.74, 6) is 0. The van der Waals surface area contributed by atoms with E-state index >= 15 is 0 Å². The molecule has 0 aromatic heterocycles. The summed E-state index contributed by atoms with van der Waals surface area (Å²) in [6.07, 6.45) is 0.860. The lowest BCUT2D eigenvalue weighted by atomic mass is 9.97. The summed E-state index contributed by atoms with van der Waals surface area (Å²) in [4.78, 5) is 0. The summed E-state index contributed by atoms with van der Waals surface area (Å²) in [5, 5.41) is 13.2. The fourth-order valence-corrected chi connectivity index (χ4v) is 2.02. The average Bonchev–Trinajstić information content (AvgIpc) is 2.39. The van der Waals surface area contributed by atoms with Crippen molar-refractivity contribution in [1.29, 1.82) is 0 Å². The highest BCUT2D eigenvalue weighted by molar-refractivity contribution is 5.26. The molecule has 1 aliphatic rings. The summed E-state index contributed by atoms with van der Waals surface area (Å²) >= 11 is 0. The van der Waals surface area contributed by atoms with Crippen molar-refractivity contribution < 1.29 is 14.6 Å². The van der Waals surface area contributed by atoms with E-state index in [1.54, 1.807) is 13.8 Å². The highest BCUT2D eigenvalue weighted by Gasteiger charge is 2.15. The highest BCUT2D eigenvalue weighted by atomic mass is 16.7. The van der Waals surface area contributed by atoms with Crippen LogP contribution in [-0.2, 0) is 21.6 Å². The molecule has 4 nitrogen and oxygen atoms in total. The van der Waals surface area contributed by atoms with Gasteiger partial charge in [0.2, 0.25) is 0 Å². The van der Waals surface area contributed by atoms with Crippen molar-refractivity contribution in [3.8, 4) is 0 Å². The maximum atomic E-state index is 9.88. The monoisotopic (exact) mass is 265 g/mol. The molecule has 0 saturated carbocycles. The van der Waals surface area contributed by atoms with Gasteiger partial charge in [-0.15, -0.1) is 0 Å². The molecule has 2 N–H and O–H groups in total. The lowest BCUT2D eigenvalue weighted by molar-refractivity contribution is -0.175. The van der Waals surface area contributed by atoms with Crippen LogP contribution < -0.4 is 5.32 Å². The van der Waals surface area contributed by atoms with Gasteiger partial charge in [0.15, 0.2) is 6.29 Å². The SMILES string of the molecule is CC(C)(O)c1ccc(CNCC2OCCCO2)cc1. The summed E-state index contributed by atoms with van der Waals surface area (Å²) in [6, 6.07) is 7.99. The average molecular weight is 265 g/mol. The number of benzene rings is 1. The lowest BCUT2D eigenvalue weighted by Gasteiger charge is -2.23. The number of nitrogens with one attached hydrogen (secondary N) is 1. The summed E-state index contributed by atoms with van der Waals surface area (Å²) in [7, 11) is 0. The molecule has 1 aromatic rings. The number of rotatable bonds is 5. The summed E-state index contributed by atoms with van der Waals surface area (Å²) in [5.41, 5.74) is 1.33. The molecule has 1 aromatic carbocycles. The maximum Gasteiger partial charge on any atom is 0.169 e. The molecule has 1 saturated heterocycles. The van der Waals surface area contributed by atoms with E-state index in [-0.39, 0.29) is 6.29 Å². The van der Waals surface area contributed by atoms with Gasteiger partial charge >= 0.3 is 0 Å².